The Kier molecular flexibility index (Phi) is 5.71. The van der Waals surface area contributed by atoms with Gasteiger partial charge in [0.05, 0.1) is 17.0 Å². The van der Waals surface area contributed by atoms with Crippen molar-refractivity contribution in [2.24, 2.45) is 0 Å². The number of nitrogens with zero attached hydrogens (tertiary/aromatic N) is 2. The first-order valence-electron chi connectivity index (χ1n) is 9.56. The van der Waals surface area contributed by atoms with Crippen LogP contribution in [0.3, 0.4) is 0 Å². The Labute approximate surface area is 168 Å². The van der Waals surface area contributed by atoms with Gasteiger partial charge in [-0.05, 0) is 55.7 Å². The van der Waals surface area contributed by atoms with Crippen molar-refractivity contribution in [2.45, 2.75) is 51.7 Å². The van der Waals surface area contributed by atoms with E-state index in [1.807, 2.05) is 36.6 Å². The molecule has 0 aromatic carbocycles. The molecule has 3 aromatic heterocycles. The smallest absolute Gasteiger partial charge is 0.236 e. The van der Waals surface area contributed by atoms with E-state index in [-0.39, 0.29) is 18.4 Å². The topological polar surface area (TPSA) is 77.3 Å². The molecule has 0 spiro atoms. The van der Waals surface area contributed by atoms with Crippen LogP contribution < -0.4 is 10.1 Å². The second-order valence-corrected chi connectivity index (χ2v) is 7.93. The third-order valence-electron chi connectivity index (χ3n) is 4.83. The maximum atomic E-state index is 12.4. The van der Waals surface area contributed by atoms with Gasteiger partial charge in [0.2, 0.25) is 17.7 Å². The van der Waals surface area contributed by atoms with Gasteiger partial charge in [-0.2, -0.15) is 0 Å². The molecule has 3 heterocycles. The number of nitrogens with one attached hydrogen (secondary N) is 1. The van der Waals surface area contributed by atoms with Crippen molar-refractivity contribution < 1.29 is 13.9 Å². The van der Waals surface area contributed by atoms with Crippen LogP contribution in [-0.2, 0) is 17.8 Å². The number of thiophene rings is 1. The maximum Gasteiger partial charge on any atom is 0.236 e. The lowest BCUT2D eigenvalue weighted by Crippen LogP contribution is -2.25. The highest BCUT2D eigenvalue weighted by Gasteiger charge is 2.17. The molecule has 6 nitrogen and oxygen atoms in total. The molecule has 1 N–H and O–H groups in total. The summed E-state index contributed by atoms with van der Waals surface area (Å²) in [6.07, 6.45) is 6.80. The van der Waals surface area contributed by atoms with E-state index < -0.39 is 0 Å². The minimum Gasteiger partial charge on any atom is -0.474 e. The van der Waals surface area contributed by atoms with E-state index in [9.17, 15) is 4.79 Å². The fourth-order valence-corrected chi connectivity index (χ4v) is 3.96. The van der Waals surface area contributed by atoms with Crippen molar-refractivity contribution >= 4 is 17.2 Å². The molecule has 4 rings (SSSR count). The molecular formula is C21H23N3O3S. The summed E-state index contributed by atoms with van der Waals surface area (Å²) >= 11 is 1.56. The number of aryl methyl sites for hydroxylation is 1. The van der Waals surface area contributed by atoms with Gasteiger partial charge in [-0.15, -0.1) is 11.3 Å². The number of carbonyl (C=O) groups is 1. The quantitative estimate of drug-likeness (QED) is 0.644. The van der Waals surface area contributed by atoms with E-state index in [0.717, 1.165) is 23.3 Å². The number of amides is 1. The number of rotatable bonds is 7. The number of hydrogen-bond acceptors (Lipinski definition) is 6. The highest BCUT2D eigenvalue weighted by atomic mass is 32.1. The predicted octanol–water partition coefficient (Wildman–Crippen LogP) is 4.29. The number of carbonyl (C=O) groups excluding carboxylic acids is 1. The molecule has 0 unspecified atom stereocenters. The van der Waals surface area contributed by atoms with Crippen molar-refractivity contribution in [2.75, 3.05) is 0 Å². The summed E-state index contributed by atoms with van der Waals surface area (Å²) in [5.41, 5.74) is 1.63. The lowest BCUT2D eigenvalue weighted by atomic mass is 10.2. The molecule has 1 saturated carbocycles. The van der Waals surface area contributed by atoms with Crippen LogP contribution in [0.1, 0.15) is 42.7 Å². The number of hydrogen-bond donors (Lipinski definition) is 1. The van der Waals surface area contributed by atoms with Crippen molar-refractivity contribution in [3.05, 3.63) is 52.9 Å². The molecule has 28 heavy (non-hydrogen) atoms. The molecule has 1 aliphatic rings. The Morgan fingerprint density at radius 3 is 3.00 bits per heavy atom. The van der Waals surface area contributed by atoms with E-state index in [1.165, 1.54) is 12.8 Å². The van der Waals surface area contributed by atoms with Gasteiger partial charge in [-0.25, -0.2) is 9.97 Å². The second kappa shape index (κ2) is 8.56. The van der Waals surface area contributed by atoms with Gasteiger partial charge in [0, 0.05) is 18.8 Å². The zero-order chi connectivity index (χ0) is 19.3. The molecule has 1 amide bonds. The Morgan fingerprint density at radius 2 is 2.21 bits per heavy atom. The van der Waals surface area contributed by atoms with Crippen molar-refractivity contribution in [3.63, 3.8) is 0 Å². The van der Waals surface area contributed by atoms with Gasteiger partial charge in [0.25, 0.3) is 0 Å². The monoisotopic (exact) mass is 397 g/mol. The lowest BCUT2D eigenvalue weighted by Gasteiger charge is -2.12. The van der Waals surface area contributed by atoms with Crippen LogP contribution in [0.4, 0.5) is 0 Å². The van der Waals surface area contributed by atoms with Gasteiger partial charge in [0.15, 0.2) is 0 Å². The Morgan fingerprint density at radius 1 is 1.36 bits per heavy atom. The number of aromatic nitrogens is 2. The van der Waals surface area contributed by atoms with Crippen molar-refractivity contribution in [1.82, 2.24) is 15.3 Å². The summed E-state index contributed by atoms with van der Waals surface area (Å²) in [6.45, 7) is 2.26. The summed E-state index contributed by atoms with van der Waals surface area (Å²) in [5, 5.41) is 4.91. The summed E-state index contributed by atoms with van der Waals surface area (Å²) in [7, 11) is 0. The van der Waals surface area contributed by atoms with Gasteiger partial charge in [-0.1, -0.05) is 6.07 Å². The molecule has 0 radical (unpaired) electrons. The zero-order valence-corrected chi connectivity index (χ0v) is 16.6. The minimum atomic E-state index is -0.0933. The third-order valence-corrected chi connectivity index (χ3v) is 5.69. The summed E-state index contributed by atoms with van der Waals surface area (Å²) < 4.78 is 11.6. The molecule has 1 fully saturated rings. The molecule has 3 aromatic rings. The van der Waals surface area contributed by atoms with E-state index >= 15 is 0 Å². The average molecular weight is 398 g/mol. The first-order chi connectivity index (χ1) is 13.7. The van der Waals surface area contributed by atoms with Crippen LogP contribution in [0, 0.1) is 6.92 Å². The third kappa shape index (κ3) is 4.59. The van der Waals surface area contributed by atoms with Crippen LogP contribution in [0.5, 0.6) is 5.88 Å². The Balaban J connectivity index is 1.32. The predicted molar refractivity (Wildman–Crippen MR) is 107 cm³/mol. The summed E-state index contributed by atoms with van der Waals surface area (Å²) in [5.74, 6) is 1.78. The van der Waals surface area contributed by atoms with Crippen LogP contribution >= 0.6 is 11.3 Å². The molecule has 7 heteroatoms. The standard InChI is InChI=1S/C21H23N3O3S/c1-14-17(24-21(26-14)18-7-4-10-28-18)12-19(25)23-13-15-8-9-22-20(11-15)27-16-5-2-3-6-16/h4,7-11,16H,2-3,5-6,12-13H2,1H3,(H,23,25). The second-order valence-electron chi connectivity index (χ2n) is 6.98. The molecule has 0 bridgehead atoms. The molecule has 0 atom stereocenters. The van der Waals surface area contributed by atoms with Gasteiger partial charge < -0.3 is 14.5 Å². The fraction of sp³-hybridized carbons (Fsp3) is 0.381. The molecule has 0 saturated heterocycles. The van der Waals surface area contributed by atoms with E-state index in [0.29, 0.717) is 29.8 Å². The van der Waals surface area contributed by atoms with Crippen molar-refractivity contribution in [1.29, 1.82) is 0 Å². The first kappa shape index (κ1) is 18.7. The van der Waals surface area contributed by atoms with Crippen LogP contribution in [-0.4, -0.2) is 22.0 Å². The van der Waals surface area contributed by atoms with E-state index in [1.54, 1.807) is 17.5 Å². The van der Waals surface area contributed by atoms with Crippen LogP contribution in [0.2, 0.25) is 0 Å². The minimum absolute atomic E-state index is 0.0933. The van der Waals surface area contributed by atoms with Gasteiger partial charge in [-0.3, -0.25) is 4.79 Å². The SMILES string of the molecule is Cc1oc(-c2cccs2)nc1CC(=O)NCc1ccnc(OC2CCCC2)c1. The molecule has 146 valence electrons. The van der Waals surface area contributed by atoms with E-state index in [4.69, 9.17) is 9.15 Å². The lowest BCUT2D eigenvalue weighted by molar-refractivity contribution is -0.120. The number of ether oxygens (including phenoxy) is 1. The highest BCUT2D eigenvalue weighted by Crippen LogP contribution is 2.26. The largest absolute Gasteiger partial charge is 0.474 e. The zero-order valence-electron chi connectivity index (χ0n) is 15.8. The first-order valence-corrected chi connectivity index (χ1v) is 10.4. The average Bonchev–Trinajstić information content (AvgIpc) is 3.44. The molecule has 0 aliphatic heterocycles. The Hall–Kier alpha value is -2.67. The summed E-state index contributed by atoms with van der Waals surface area (Å²) in [6, 6.07) is 7.69. The number of pyridine rings is 1. The highest BCUT2D eigenvalue weighted by molar-refractivity contribution is 7.13. The maximum absolute atomic E-state index is 12.4. The number of oxazole rings is 1. The van der Waals surface area contributed by atoms with Gasteiger partial charge in [0.1, 0.15) is 11.9 Å². The van der Waals surface area contributed by atoms with Crippen molar-refractivity contribution in [3.8, 4) is 16.6 Å². The molecule has 1 aliphatic carbocycles. The fourth-order valence-electron chi connectivity index (χ4n) is 3.31. The van der Waals surface area contributed by atoms with Crippen LogP contribution in [0.15, 0.2) is 40.3 Å². The van der Waals surface area contributed by atoms with E-state index in [2.05, 4.69) is 15.3 Å². The normalized spacial score (nSPS) is 14.3. The molecular weight excluding hydrogens is 374 g/mol. The summed E-state index contributed by atoms with van der Waals surface area (Å²) in [4.78, 5) is 22.1. The van der Waals surface area contributed by atoms with Crippen LogP contribution in [0.25, 0.3) is 10.8 Å². The Bertz CT molecular complexity index is 930. The van der Waals surface area contributed by atoms with Gasteiger partial charge >= 0.3 is 0 Å².